The standard InChI is InChI=1S/C14H26N2O3/c1-4-13(5-2)11-18-14(19-13)7-9-16(10-8-14)12(17)15-6-3/h4-11H2,1-3H3,(H,15,17). The van der Waals surface area contributed by atoms with Crippen molar-refractivity contribution in [3.8, 4) is 0 Å². The minimum absolute atomic E-state index is 0.0209. The van der Waals surface area contributed by atoms with Crippen LogP contribution in [-0.4, -0.2) is 48.6 Å². The molecule has 0 atom stereocenters. The number of rotatable bonds is 3. The Morgan fingerprint density at radius 2 is 1.84 bits per heavy atom. The predicted octanol–water partition coefficient (Wildman–Crippen LogP) is 2.11. The Kier molecular flexibility index (Phi) is 4.36. The first-order valence-electron chi connectivity index (χ1n) is 7.45. The molecule has 0 unspecified atom stereocenters. The van der Waals surface area contributed by atoms with E-state index in [0.29, 0.717) is 26.2 Å². The average Bonchev–Trinajstić information content (AvgIpc) is 2.80. The summed E-state index contributed by atoms with van der Waals surface area (Å²) in [4.78, 5) is 13.6. The van der Waals surface area contributed by atoms with E-state index in [0.717, 1.165) is 25.7 Å². The van der Waals surface area contributed by atoms with Gasteiger partial charge in [0.25, 0.3) is 0 Å². The predicted molar refractivity (Wildman–Crippen MR) is 73.0 cm³/mol. The van der Waals surface area contributed by atoms with Crippen molar-refractivity contribution in [1.82, 2.24) is 10.2 Å². The molecule has 2 amide bonds. The van der Waals surface area contributed by atoms with Gasteiger partial charge in [0.2, 0.25) is 0 Å². The minimum Gasteiger partial charge on any atom is -0.347 e. The third-order valence-corrected chi connectivity index (χ3v) is 4.43. The highest BCUT2D eigenvalue weighted by atomic mass is 16.8. The summed E-state index contributed by atoms with van der Waals surface area (Å²) < 4.78 is 12.3. The Bertz CT molecular complexity index is 321. The van der Waals surface area contributed by atoms with Crippen molar-refractivity contribution >= 4 is 6.03 Å². The number of hydrogen-bond acceptors (Lipinski definition) is 3. The number of urea groups is 1. The fourth-order valence-electron chi connectivity index (χ4n) is 2.87. The lowest BCUT2D eigenvalue weighted by atomic mass is 9.98. The summed E-state index contributed by atoms with van der Waals surface area (Å²) >= 11 is 0. The summed E-state index contributed by atoms with van der Waals surface area (Å²) in [5.41, 5.74) is -0.117. The Hall–Kier alpha value is -0.810. The molecule has 2 rings (SSSR count). The van der Waals surface area contributed by atoms with E-state index in [9.17, 15) is 4.79 Å². The van der Waals surface area contributed by atoms with Crippen LogP contribution in [0.25, 0.3) is 0 Å². The van der Waals surface area contributed by atoms with Crippen LogP contribution in [-0.2, 0) is 9.47 Å². The second kappa shape index (κ2) is 5.67. The molecule has 5 nitrogen and oxygen atoms in total. The van der Waals surface area contributed by atoms with Gasteiger partial charge in [0.05, 0.1) is 12.2 Å². The molecule has 0 aromatic carbocycles. The van der Waals surface area contributed by atoms with Crippen LogP contribution in [0, 0.1) is 0 Å². The molecule has 2 heterocycles. The van der Waals surface area contributed by atoms with Gasteiger partial charge >= 0.3 is 6.03 Å². The zero-order valence-electron chi connectivity index (χ0n) is 12.3. The van der Waals surface area contributed by atoms with E-state index in [1.807, 2.05) is 11.8 Å². The summed E-state index contributed by atoms with van der Waals surface area (Å²) in [6.45, 7) is 8.99. The molecule has 5 heteroatoms. The van der Waals surface area contributed by atoms with E-state index < -0.39 is 5.79 Å². The molecule has 1 N–H and O–H groups in total. The van der Waals surface area contributed by atoms with Crippen LogP contribution in [0.15, 0.2) is 0 Å². The zero-order valence-corrected chi connectivity index (χ0v) is 12.3. The lowest BCUT2D eigenvalue weighted by Gasteiger charge is -2.39. The van der Waals surface area contributed by atoms with Gasteiger partial charge in [0.1, 0.15) is 0 Å². The molecule has 2 fully saturated rings. The highest BCUT2D eigenvalue weighted by Crippen LogP contribution is 2.41. The van der Waals surface area contributed by atoms with Gasteiger partial charge < -0.3 is 19.7 Å². The molecule has 0 bridgehead atoms. The van der Waals surface area contributed by atoms with Crippen LogP contribution in [0.1, 0.15) is 46.5 Å². The molecule has 2 saturated heterocycles. The van der Waals surface area contributed by atoms with Crippen molar-refractivity contribution in [2.24, 2.45) is 0 Å². The Morgan fingerprint density at radius 1 is 1.21 bits per heavy atom. The number of carbonyl (C=O) groups excluding carboxylic acids is 1. The molecular formula is C14H26N2O3. The maximum Gasteiger partial charge on any atom is 0.317 e. The first-order chi connectivity index (χ1) is 9.09. The summed E-state index contributed by atoms with van der Waals surface area (Å²) in [5.74, 6) is -0.449. The van der Waals surface area contributed by atoms with Gasteiger partial charge in [-0.3, -0.25) is 0 Å². The normalized spacial score (nSPS) is 24.7. The van der Waals surface area contributed by atoms with E-state index in [2.05, 4.69) is 19.2 Å². The first-order valence-corrected chi connectivity index (χ1v) is 7.45. The van der Waals surface area contributed by atoms with Crippen LogP contribution >= 0.6 is 0 Å². The molecule has 19 heavy (non-hydrogen) atoms. The molecule has 1 spiro atoms. The Balaban J connectivity index is 1.91. The van der Waals surface area contributed by atoms with Gasteiger partial charge in [-0.1, -0.05) is 13.8 Å². The van der Waals surface area contributed by atoms with Gasteiger partial charge in [-0.15, -0.1) is 0 Å². The number of nitrogens with zero attached hydrogens (tertiary/aromatic N) is 1. The van der Waals surface area contributed by atoms with Crippen LogP contribution in [0.2, 0.25) is 0 Å². The van der Waals surface area contributed by atoms with Crippen molar-refractivity contribution in [2.45, 2.75) is 57.8 Å². The van der Waals surface area contributed by atoms with Gasteiger partial charge in [-0.2, -0.15) is 0 Å². The third-order valence-electron chi connectivity index (χ3n) is 4.43. The van der Waals surface area contributed by atoms with E-state index in [1.165, 1.54) is 0 Å². The number of ether oxygens (including phenoxy) is 2. The fraction of sp³-hybridized carbons (Fsp3) is 0.929. The monoisotopic (exact) mass is 270 g/mol. The molecule has 0 aromatic heterocycles. The van der Waals surface area contributed by atoms with Crippen molar-refractivity contribution in [3.63, 3.8) is 0 Å². The lowest BCUT2D eigenvalue weighted by Crippen LogP contribution is -2.51. The fourth-order valence-corrected chi connectivity index (χ4v) is 2.87. The number of piperidine rings is 1. The molecule has 0 saturated carbocycles. The van der Waals surface area contributed by atoms with E-state index in [4.69, 9.17) is 9.47 Å². The van der Waals surface area contributed by atoms with E-state index in [-0.39, 0.29) is 11.6 Å². The van der Waals surface area contributed by atoms with Crippen molar-refractivity contribution in [1.29, 1.82) is 0 Å². The molecule has 0 aliphatic carbocycles. The van der Waals surface area contributed by atoms with Crippen molar-refractivity contribution in [2.75, 3.05) is 26.2 Å². The SMILES string of the molecule is CCNC(=O)N1CCC2(CC1)OCC(CC)(CC)O2. The van der Waals surface area contributed by atoms with E-state index >= 15 is 0 Å². The first kappa shape index (κ1) is 14.6. The smallest absolute Gasteiger partial charge is 0.317 e. The third kappa shape index (κ3) is 2.87. The van der Waals surface area contributed by atoms with Gasteiger partial charge in [-0.25, -0.2) is 4.79 Å². The lowest BCUT2D eigenvalue weighted by molar-refractivity contribution is -0.209. The van der Waals surface area contributed by atoms with Crippen LogP contribution in [0.5, 0.6) is 0 Å². The van der Waals surface area contributed by atoms with Crippen LogP contribution < -0.4 is 5.32 Å². The van der Waals surface area contributed by atoms with Gasteiger partial charge in [-0.05, 0) is 19.8 Å². The maximum absolute atomic E-state index is 11.8. The maximum atomic E-state index is 11.8. The van der Waals surface area contributed by atoms with Crippen molar-refractivity contribution < 1.29 is 14.3 Å². The van der Waals surface area contributed by atoms with Gasteiger partial charge in [0.15, 0.2) is 5.79 Å². The molecule has 0 radical (unpaired) electrons. The highest BCUT2D eigenvalue weighted by Gasteiger charge is 2.50. The number of hydrogen-bond donors (Lipinski definition) is 1. The quantitative estimate of drug-likeness (QED) is 0.854. The zero-order chi connectivity index (χ0) is 13.9. The molecule has 0 aromatic rings. The highest BCUT2D eigenvalue weighted by molar-refractivity contribution is 5.74. The Morgan fingerprint density at radius 3 is 2.32 bits per heavy atom. The topological polar surface area (TPSA) is 50.8 Å². The molecular weight excluding hydrogens is 244 g/mol. The second-order valence-electron chi connectivity index (χ2n) is 5.51. The van der Waals surface area contributed by atoms with Crippen LogP contribution in [0.3, 0.4) is 0 Å². The molecule has 2 aliphatic heterocycles. The molecule has 2 aliphatic rings. The number of nitrogens with one attached hydrogen (secondary N) is 1. The summed E-state index contributed by atoms with van der Waals surface area (Å²) in [6, 6.07) is 0.0209. The van der Waals surface area contributed by atoms with E-state index in [1.54, 1.807) is 0 Å². The number of likely N-dealkylation sites (tertiary alicyclic amines) is 1. The largest absolute Gasteiger partial charge is 0.347 e. The van der Waals surface area contributed by atoms with Crippen molar-refractivity contribution in [3.05, 3.63) is 0 Å². The summed E-state index contributed by atoms with van der Waals surface area (Å²) in [7, 11) is 0. The average molecular weight is 270 g/mol. The Labute approximate surface area is 115 Å². The summed E-state index contributed by atoms with van der Waals surface area (Å²) in [5, 5.41) is 2.84. The number of amides is 2. The van der Waals surface area contributed by atoms with Crippen LogP contribution in [0.4, 0.5) is 4.79 Å². The van der Waals surface area contributed by atoms with Gasteiger partial charge in [0, 0.05) is 32.5 Å². The minimum atomic E-state index is -0.449. The second-order valence-corrected chi connectivity index (χ2v) is 5.51. The summed E-state index contributed by atoms with van der Waals surface area (Å²) in [6.07, 6.45) is 3.49. The molecule has 110 valence electrons. The number of carbonyl (C=O) groups is 1.